The molecule has 1 aliphatic carbocycles. The van der Waals surface area contributed by atoms with Crippen LogP contribution < -0.4 is 5.32 Å². The van der Waals surface area contributed by atoms with E-state index in [4.69, 9.17) is 4.74 Å². The predicted molar refractivity (Wildman–Crippen MR) is 58.6 cm³/mol. The number of esters is 1. The van der Waals surface area contributed by atoms with Crippen molar-refractivity contribution in [2.24, 2.45) is 5.41 Å². The quantitative estimate of drug-likeness (QED) is 0.709. The Labute approximate surface area is 91.6 Å². The highest BCUT2D eigenvalue weighted by molar-refractivity contribution is 5.77. The van der Waals surface area contributed by atoms with Crippen LogP contribution in [-0.4, -0.2) is 25.2 Å². The standard InChI is InChI=1S/C12H21NO2/c1-12(7-4-8-13-9-12)11(14)15-10-5-2-3-6-10/h10,13H,2-9H2,1H3. The molecule has 0 aromatic rings. The summed E-state index contributed by atoms with van der Waals surface area (Å²) in [7, 11) is 0. The fourth-order valence-corrected chi connectivity index (χ4v) is 2.53. The second kappa shape index (κ2) is 4.52. The Morgan fingerprint density at radius 1 is 1.33 bits per heavy atom. The van der Waals surface area contributed by atoms with Crippen LogP contribution >= 0.6 is 0 Å². The molecule has 1 saturated heterocycles. The average Bonchev–Trinajstić information content (AvgIpc) is 2.71. The van der Waals surface area contributed by atoms with Gasteiger partial charge in [-0.3, -0.25) is 4.79 Å². The minimum absolute atomic E-state index is 0.0154. The molecule has 0 spiro atoms. The lowest BCUT2D eigenvalue weighted by atomic mass is 9.83. The van der Waals surface area contributed by atoms with Crippen LogP contribution in [0.25, 0.3) is 0 Å². The predicted octanol–water partition coefficient (Wildman–Crippen LogP) is 1.86. The maximum atomic E-state index is 12.0. The van der Waals surface area contributed by atoms with Crippen LogP contribution in [0.5, 0.6) is 0 Å². The Morgan fingerprint density at radius 3 is 2.67 bits per heavy atom. The maximum absolute atomic E-state index is 12.0. The molecule has 86 valence electrons. The number of hydrogen-bond acceptors (Lipinski definition) is 3. The third-order valence-electron chi connectivity index (χ3n) is 3.67. The van der Waals surface area contributed by atoms with E-state index in [1.165, 1.54) is 12.8 Å². The van der Waals surface area contributed by atoms with E-state index in [0.29, 0.717) is 0 Å². The Morgan fingerprint density at radius 2 is 2.07 bits per heavy atom. The fourth-order valence-electron chi connectivity index (χ4n) is 2.53. The summed E-state index contributed by atoms with van der Waals surface area (Å²) >= 11 is 0. The van der Waals surface area contributed by atoms with Gasteiger partial charge in [-0.2, -0.15) is 0 Å². The molecule has 1 saturated carbocycles. The molecule has 0 aromatic carbocycles. The van der Waals surface area contributed by atoms with Gasteiger partial charge in [0.2, 0.25) is 0 Å². The highest BCUT2D eigenvalue weighted by Crippen LogP contribution is 2.30. The van der Waals surface area contributed by atoms with Crippen molar-refractivity contribution < 1.29 is 9.53 Å². The van der Waals surface area contributed by atoms with E-state index in [9.17, 15) is 4.79 Å². The topological polar surface area (TPSA) is 38.3 Å². The number of ether oxygens (including phenoxy) is 1. The van der Waals surface area contributed by atoms with Crippen molar-refractivity contribution in [3.05, 3.63) is 0 Å². The van der Waals surface area contributed by atoms with Crippen molar-refractivity contribution in [2.75, 3.05) is 13.1 Å². The summed E-state index contributed by atoms with van der Waals surface area (Å²) in [5.41, 5.74) is -0.277. The first-order chi connectivity index (χ1) is 7.21. The third-order valence-corrected chi connectivity index (χ3v) is 3.67. The van der Waals surface area contributed by atoms with Crippen LogP contribution in [0.2, 0.25) is 0 Å². The lowest BCUT2D eigenvalue weighted by molar-refractivity contribution is -0.161. The Hall–Kier alpha value is -0.570. The zero-order chi connectivity index (χ0) is 10.7. The molecule has 3 heteroatoms. The fraction of sp³-hybridized carbons (Fsp3) is 0.917. The Bertz CT molecular complexity index is 228. The molecule has 15 heavy (non-hydrogen) atoms. The van der Waals surface area contributed by atoms with Crippen molar-refractivity contribution in [2.45, 2.75) is 51.6 Å². The largest absolute Gasteiger partial charge is 0.462 e. The molecule has 0 bridgehead atoms. The summed E-state index contributed by atoms with van der Waals surface area (Å²) in [5, 5.41) is 3.28. The number of piperidine rings is 1. The van der Waals surface area contributed by atoms with Gasteiger partial charge in [0.05, 0.1) is 5.41 Å². The Balaban J connectivity index is 1.87. The monoisotopic (exact) mass is 211 g/mol. The first-order valence-corrected chi connectivity index (χ1v) is 6.12. The molecule has 2 fully saturated rings. The van der Waals surface area contributed by atoms with Crippen LogP contribution in [0.15, 0.2) is 0 Å². The minimum Gasteiger partial charge on any atom is -0.462 e. The molecule has 2 rings (SSSR count). The second-order valence-corrected chi connectivity index (χ2v) is 5.15. The van der Waals surface area contributed by atoms with E-state index < -0.39 is 0 Å². The van der Waals surface area contributed by atoms with Gasteiger partial charge in [0, 0.05) is 6.54 Å². The number of rotatable bonds is 2. The van der Waals surface area contributed by atoms with Crippen LogP contribution in [-0.2, 0) is 9.53 Å². The van der Waals surface area contributed by atoms with E-state index in [0.717, 1.165) is 38.8 Å². The zero-order valence-electron chi connectivity index (χ0n) is 9.55. The van der Waals surface area contributed by atoms with Crippen LogP contribution in [0.3, 0.4) is 0 Å². The van der Waals surface area contributed by atoms with Gasteiger partial charge in [-0.15, -0.1) is 0 Å². The lowest BCUT2D eigenvalue weighted by Gasteiger charge is -2.32. The van der Waals surface area contributed by atoms with E-state index in [1.54, 1.807) is 0 Å². The maximum Gasteiger partial charge on any atom is 0.313 e. The smallest absolute Gasteiger partial charge is 0.313 e. The molecule has 1 heterocycles. The van der Waals surface area contributed by atoms with Gasteiger partial charge in [0.25, 0.3) is 0 Å². The third kappa shape index (κ3) is 2.51. The van der Waals surface area contributed by atoms with E-state index in [-0.39, 0.29) is 17.5 Å². The van der Waals surface area contributed by atoms with Crippen LogP contribution in [0, 0.1) is 5.41 Å². The van der Waals surface area contributed by atoms with Crippen molar-refractivity contribution in [1.82, 2.24) is 5.32 Å². The van der Waals surface area contributed by atoms with Crippen molar-refractivity contribution >= 4 is 5.97 Å². The minimum atomic E-state index is -0.277. The molecular weight excluding hydrogens is 190 g/mol. The first-order valence-electron chi connectivity index (χ1n) is 6.12. The molecule has 1 N–H and O–H groups in total. The summed E-state index contributed by atoms with van der Waals surface area (Å²) in [5.74, 6) is 0.0154. The van der Waals surface area contributed by atoms with Gasteiger partial charge in [-0.1, -0.05) is 0 Å². The summed E-state index contributed by atoms with van der Waals surface area (Å²) in [4.78, 5) is 12.0. The van der Waals surface area contributed by atoms with Crippen molar-refractivity contribution in [3.8, 4) is 0 Å². The first kappa shape index (κ1) is 10.9. The molecule has 3 nitrogen and oxygen atoms in total. The summed E-state index contributed by atoms with van der Waals surface area (Å²) in [6, 6.07) is 0. The molecule has 1 unspecified atom stereocenters. The van der Waals surface area contributed by atoms with Gasteiger partial charge in [-0.25, -0.2) is 0 Å². The molecule has 0 aromatic heterocycles. The molecule has 0 radical (unpaired) electrons. The molecule has 2 aliphatic rings. The second-order valence-electron chi connectivity index (χ2n) is 5.15. The normalized spacial score (nSPS) is 32.9. The van der Waals surface area contributed by atoms with Gasteiger partial charge >= 0.3 is 5.97 Å². The van der Waals surface area contributed by atoms with Crippen LogP contribution in [0.4, 0.5) is 0 Å². The summed E-state index contributed by atoms with van der Waals surface area (Å²) in [6.07, 6.45) is 6.81. The van der Waals surface area contributed by atoms with Crippen LogP contribution in [0.1, 0.15) is 45.4 Å². The molecule has 1 aliphatic heterocycles. The molecule has 1 atom stereocenters. The molecule has 0 amide bonds. The highest BCUT2D eigenvalue weighted by atomic mass is 16.5. The number of hydrogen-bond donors (Lipinski definition) is 1. The van der Waals surface area contributed by atoms with Crippen molar-refractivity contribution in [3.63, 3.8) is 0 Å². The number of carbonyl (C=O) groups excluding carboxylic acids is 1. The van der Waals surface area contributed by atoms with Gasteiger partial charge in [0.1, 0.15) is 6.10 Å². The summed E-state index contributed by atoms with van der Waals surface area (Å²) < 4.78 is 5.57. The van der Waals surface area contributed by atoms with Crippen molar-refractivity contribution in [1.29, 1.82) is 0 Å². The van der Waals surface area contributed by atoms with E-state index in [1.807, 2.05) is 6.92 Å². The van der Waals surface area contributed by atoms with E-state index >= 15 is 0 Å². The van der Waals surface area contributed by atoms with Gasteiger partial charge in [0.15, 0.2) is 0 Å². The number of carbonyl (C=O) groups is 1. The van der Waals surface area contributed by atoms with Gasteiger partial charge < -0.3 is 10.1 Å². The van der Waals surface area contributed by atoms with E-state index in [2.05, 4.69) is 5.32 Å². The highest BCUT2D eigenvalue weighted by Gasteiger charge is 2.37. The zero-order valence-corrected chi connectivity index (χ0v) is 9.55. The lowest BCUT2D eigenvalue weighted by Crippen LogP contribution is -2.45. The summed E-state index contributed by atoms with van der Waals surface area (Å²) in [6.45, 7) is 3.83. The SMILES string of the molecule is CC1(C(=O)OC2CCCC2)CCCNC1. The Kier molecular flexibility index (Phi) is 3.29. The van der Waals surface area contributed by atoms with Gasteiger partial charge in [-0.05, 0) is 52.0 Å². The average molecular weight is 211 g/mol. The number of nitrogens with one attached hydrogen (secondary N) is 1. The molecular formula is C12H21NO2.